The number of imidazole rings is 1. The number of rotatable bonds is 7. The van der Waals surface area contributed by atoms with Crippen molar-refractivity contribution in [2.45, 2.75) is 39.7 Å². The van der Waals surface area contributed by atoms with Gasteiger partial charge in [-0.2, -0.15) is 10.3 Å². The molecule has 0 fully saturated rings. The summed E-state index contributed by atoms with van der Waals surface area (Å²) in [5, 5.41) is 19.3. The third kappa shape index (κ3) is 3.61. The molecule has 0 saturated heterocycles. The Hall–Kier alpha value is -3.81. The third-order valence-corrected chi connectivity index (χ3v) is 5.53. The first-order valence-corrected chi connectivity index (χ1v) is 10.6. The fourth-order valence-corrected chi connectivity index (χ4v) is 3.87. The highest BCUT2D eigenvalue weighted by Gasteiger charge is 2.15. The van der Waals surface area contributed by atoms with E-state index in [1.165, 1.54) is 5.56 Å². The van der Waals surface area contributed by atoms with Crippen molar-refractivity contribution in [1.82, 2.24) is 39.8 Å². The SMILES string of the molecule is CCCCc1nn2c(C)cnc2n1Cc1ccc(-c2ccccc2-c2nn[nH]n2)cc1. The largest absolute Gasteiger partial charge is 0.292 e. The molecule has 3 aromatic heterocycles. The molecule has 8 heteroatoms. The van der Waals surface area contributed by atoms with Crippen LogP contribution in [-0.2, 0) is 13.0 Å². The maximum absolute atomic E-state index is 4.81. The number of H-pyrrole nitrogens is 1. The molecule has 0 radical (unpaired) electrons. The summed E-state index contributed by atoms with van der Waals surface area (Å²) >= 11 is 0. The van der Waals surface area contributed by atoms with E-state index in [-0.39, 0.29) is 0 Å². The van der Waals surface area contributed by atoms with Crippen LogP contribution in [0.25, 0.3) is 28.3 Å². The van der Waals surface area contributed by atoms with Crippen molar-refractivity contribution in [3.63, 3.8) is 0 Å². The van der Waals surface area contributed by atoms with Gasteiger partial charge >= 0.3 is 0 Å². The van der Waals surface area contributed by atoms with E-state index >= 15 is 0 Å². The first kappa shape index (κ1) is 19.2. The number of hydrogen-bond acceptors (Lipinski definition) is 5. The predicted molar refractivity (Wildman–Crippen MR) is 118 cm³/mol. The van der Waals surface area contributed by atoms with Gasteiger partial charge in [-0.1, -0.05) is 61.9 Å². The molecular formula is C23H24N8. The Morgan fingerprint density at radius 3 is 2.55 bits per heavy atom. The van der Waals surface area contributed by atoms with Crippen LogP contribution in [0.5, 0.6) is 0 Å². The first-order chi connectivity index (χ1) is 15.2. The number of tetrazole rings is 1. The van der Waals surface area contributed by atoms with Crippen molar-refractivity contribution in [1.29, 1.82) is 0 Å². The van der Waals surface area contributed by atoms with E-state index in [0.717, 1.165) is 59.8 Å². The summed E-state index contributed by atoms with van der Waals surface area (Å²) in [6.07, 6.45) is 5.09. The van der Waals surface area contributed by atoms with Gasteiger partial charge < -0.3 is 0 Å². The highest BCUT2D eigenvalue weighted by atomic mass is 15.5. The van der Waals surface area contributed by atoms with Crippen LogP contribution in [0.15, 0.2) is 54.7 Å². The number of aromatic nitrogens is 8. The van der Waals surface area contributed by atoms with Crippen molar-refractivity contribution in [3.05, 3.63) is 71.8 Å². The quantitative estimate of drug-likeness (QED) is 0.435. The Morgan fingerprint density at radius 2 is 1.81 bits per heavy atom. The van der Waals surface area contributed by atoms with Crippen molar-refractivity contribution >= 4 is 5.78 Å². The Balaban J connectivity index is 1.46. The predicted octanol–water partition coefficient (Wildman–Crippen LogP) is 4.08. The molecule has 0 unspecified atom stereocenters. The van der Waals surface area contributed by atoms with Crippen LogP contribution in [0, 0.1) is 6.92 Å². The van der Waals surface area contributed by atoms with E-state index in [9.17, 15) is 0 Å². The molecule has 0 aliphatic carbocycles. The van der Waals surface area contributed by atoms with Crippen LogP contribution in [0.2, 0.25) is 0 Å². The first-order valence-electron chi connectivity index (χ1n) is 10.6. The van der Waals surface area contributed by atoms with Crippen molar-refractivity contribution in [2.75, 3.05) is 0 Å². The number of hydrogen-bond donors (Lipinski definition) is 1. The smallest absolute Gasteiger partial charge is 0.232 e. The van der Waals surface area contributed by atoms with E-state index in [1.807, 2.05) is 35.8 Å². The van der Waals surface area contributed by atoms with Crippen molar-refractivity contribution in [2.24, 2.45) is 0 Å². The normalized spacial score (nSPS) is 11.4. The lowest BCUT2D eigenvalue weighted by Crippen LogP contribution is -2.06. The van der Waals surface area contributed by atoms with Gasteiger partial charge in [0.2, 0.25) is 11.6 Å². The number of aromatic amines is 1. The summed E-state index contributed by atoms with van der Waals surface area (Å²) in [5.41, 5.74) is 5.41. The zero-order valence-corrected chi connectivity index (χ0v) is 17.7. The second-order valence-corrected chi connectivity index (χ2v) is 7.70. The zero-order chi connectivity index (χ0) is 21.2. The second-order valence-electron chi connectivity index (χ2n) is 7.70. The summed E-state index contributed by atoms with van der Waals surface area (Å²) < 4.78 is 4.17. The van der Waals surface area contributed by atoms with Gasteiger partial charge in [-0.3, -0.25) is 4.57 Å². The number of nitrogens with zero attached hydrogens (tertiary/aromatic N) is 7. The molecule has 5 aromatic rings. The fourth-order valence-electron chi connectivity index (χ4n) is 3.87. The lowest BCUT2D eigenvalue weighted by molar-refractivity contribution is 0.681. The molecule has 8 nitrogen and oxygen atoms in total. The third-order valence-electron chi connectivity index (χ3n) is 5.53. The molecule has 1 N–H and O–H groups in total. The Kier molecular flexibility index (Phi) is 5.03. The summed E-state index contributed by atoms with van der Waals surface area (Å²) in [6.45, 7) is 4.98. The van der Waals surface area contributed by atoms with Crippen molar-refractivity contribution in [3.8, 4) is 22.5 Å². The number of fused-ring (bicyclic) bond motifs is 1. The minimum absolute atomic E-state index is 0.593. The molecule has 0 bridgehead atoms. The van der Waals surface area contributed by atoms with Crippen molar-refractivity contribution < 1.29 is 0 Å². The van der Waals surface area contributed by atoms with E-state index in [0.29, 0.717) is 5.82 Å². The maximum atomic E-state index is 4.81. The van der Waals surface area contributed by atoms with E-state index in [1.54, 1.807) is 0 Å². The minimum Gasteiger partial charge on any atom is -0.292 e. The average molecular weight is 413 g/mol. The van der Waals surface area contributed by atoms with Gasteiger partial charge in [0.1, 0.15) is 5.82 Å². The molecule has 156 valence electrons. The van der Waals surface area contributed by atoms with E-state index in [2.05, 4.69) is 67.4 Å². The van der Waals surface area contributed by atoms with Gasteiger partial charge in [0.15, 0.2) is 0 Å². The van der Waals surface area contributed by atoms with Gasteiger partial charge in [-0.25, -0.2) is 9.50 Å². The summed E-state index contributed by atoms with van der Waals surface area (Å²) in [6, 6.07) is 16.7. The lowest BCUT2D eigenvalue weighted by atomic mass is 9.98. The standard InChI is InChI=1S/C23H24N8/c1-3-4-9-21-27-31-16(2)14-24-23(31)30(21)15-17-10-12-18(13-11-17)19-7-5-6-8-20(19)22-25-28-29-26-22/h5-8,10-14H,3-4,9,15H2,1-2H3,(H,25,26,28,29). The molecular weight excluding hydrogens is 388 g/mol. The van der Waals surface area contributed by atoms with Gasteiger partial charge in [-0.15, -0.1) is 10.2 Å². The topological polar surface area (TPSA) is 89.6 Å². The fraction of sp³-hybridized carbons (Fsp3) is 0.261. The molecule has 0 spiro atoms. The molecule has 3 heterocycles. The van der Waals surface area contributed by atoms with Gasteiger partial charge in [-0.05, 0) is 35.2 Å². The number of aryl methyl sites for hydroxylation is 2. The van der Waals surface area contributed by atoms with Gasteiger partial charge in [0.25, 0.3) is 0 Å². The Labute approximate surface area is 180 Å². The minimum atomic E-state index is 0.593. The monoisotopic (exact) mass is 412 g/mol. The lowest BCUT2D eigenvalue weighted by Gasteiger charge is -2.10. The number of unbranched alkanes of at least 4 members (excludes halogenated alkanes) is 1. The molecule has 0 aliphatic heterocycles. The summed E-state index contributed by atoms with van der Waals surface area (Å²) in [5.74, 6) is 2.57. The zero-order valence-electron chi connectivity index (χ0n) is 17.7. The summed E-state index contributed by atoms with van der Waals surface area (Å²) in [7, 11) is 0. The second kappa shape index (κ2) is 8.14. The Morgan fingerprint density at radius 1 is 1.00 bits per heavy atom. The van der Waals surface area contributed by atoms with Crippen LogP contribution >= 0.6 is 0 Å². The highest BCUT2D eigenvalue weighted by Crippen LogP contribution is 2.30. The molecule has 5 rings (SSSR count). The highest BCUT2D eigenvalue weighted by molar-refractivity contribution is 5.80. The van der Waals surface area contributed by atoms with Crippen LogP contribution in [-0.4, -0.2) is 39.8 Å². The van der Waals surface area contributed by atoms with Crippen LogP contribution in [0.3, 0.4) is 0 Å². The van der Waals surface area contributed by atoms with Gasteiger partial charge in [0, 0.05) is 12.0 Å². The molecule has 2 aromatic carbocycles. The molecule has 0 saturated carbocycles. The molecule has 0 aliphatic rings. The number of benzene rings is 2. The summed E-state index contributed by atoms with van der Waals surface area (Å²) in [4.78, 5) is 4.59. The molecule has 31 heavy (non-hydrogen) atoms. The van der Waals surface area contributed by atoms with Gasteiger partial charge in [0.05, 0.1) is 18.4 Å². The van der Waals surface area contributed by atoms with Crippen LogP contribution < -0.4 is 0 Å². The molecule has 0 atom stereocenters. The number of nitrogens with one attached hydrogen (secondary N) is 1. The van der Waals surface area contributed by atoms with Crippen LogP contribution in [0.4, 0.5) is 0 Å². The maximum Gasteiger partial charge on any atom is 0.232 e. The van der Waals surface area contributed by atoms with E-state index in [4.69, 9.17) is 5.10 Å². The average Bonchev–Trinajstić information content (AvgIpc) is 3.53. The Bertz CT molecular complexity index is 1300. The molecule has 0 amide bonds. The van der Waals surface area contributed by atoms with E-state index < -0.39 is 0 Å². The van der Waals surface area contributed by atoms with Crippen LogP contribution in [0.1, 0.15) is 36.8 Å².